The maximum atomic E-state index is 12.5. The fourth-order valence-electron chi connectivity index (χ4n) is 3.65. The van der Waals surface area contributed by atoms with Gasteiger partial charge in [0.25, 0.3) is 5.91 Å². The van der Waals surface area contributed by atoms with Gasteiger partial charge in [0.05, 0.1) is 13.0 Å². The van der Waals surface area contributed by atoms with Crippen LogP contribution < -0.4 is 10.2 Å². The number of rotatable bonds is 3. The minimum Gasteiger partial charge on any atom is -0.469 e. The fourth-order valence-corrected chi connectivity index (χ4v) is 3.65. The third-order valence-electron chi connectivity index (χ3n) is 5.02. The zero-order valence-electron chi connectivity index (χ0n) is 13.8. The molecule has 23 heavy (non-hydrogen) atoms. The molecule has 2 atom stereocenters. The number of ether oxygens (including phenoxy) is 1. The molecule has 0 aromatic heterocycles. The van der Waals surface area contributed by atoms with Crippen molar-refractivity contribution in [3.8, 4) is 0 Å². The molecule has 1 aliphatic carbocycles. The van der Waals surface area contributed by atoms with Crippen LogP contribution in [-0.4, -0.2) is 38.6 Å². The fraction of sp³-hybridized carbons (Fsp3) is 0.556. The molecule has 0 unspecified atom stereocenters. The molecule has 0 radical (unpaired) electrons. The molecular weight excluding hydrogens is 292 g/mol. The van der Waals surface area contributed by atoms with E-state index in [1.54, 1.807) is 0 Å². The van der Waals surface area contributed by atoms with Gasteiger partial charge in [0, 0.05) is 30.9 Å². The lowest BCUT2D eigenvalue weighted by atomic mass is 9.85. The molecular formula is C18H24N2O3. The summed E-state index contributed by atoms with van der Waals surface area (Å²) >= 11 is 0. The van der Waals surface area contributed by atoms with Gasteiger partial charge in [-0.15, -0.1) is 0 Å². The number of fused-ring (bicyclic) bond motifs is 1. The lowest BCUT2D eigenvalue weighted by Crippen LogP contribution is -2.40. The molecule has 1 aromatic rings. The van der Waals surface area contributed by atoms with Crippen LogP contribution in [0.1, 0.15) is 41.6 Å². The Morgan fingerprint density at radius 3 is 2.91 bits per heavy atom. The van der Waals surface area contributed by atoms with Crippen LogP contribution in [0.25, 0.3) is 0 Å². The van der Waals surface area contributed by atoms with Crippen molar-refractivity contribution in [3.63, 3.8) is 0 Å². The first kappa shape index (κ1) is 15.8. The Bertz CT molecular complexity index is 614. The normalized spacial score (nSPS) is 23.3. The van der Waals surface area contributed by atoms with Gasteiger partial charge < -0.3 is 15.0 Å². The number of hydrogen-bond donors (Lipinski definition) is 1. The van der Waals surface area contributed by atoms with Gasteiger partial charge in [0.1, 0.15) is 0 Å². The highest BCUT2D eigenvalue weighted by atomic mass is 16.5. The van der Waals surface area contributed by atoms with Crippen molar-refractivity contribution in [3.05, 3.63) is 29.3 Å². The van der Waals surface area contributed by atoms with Gasteiger partial charge in [-0.2, -0.15) is 0 Å². The largest absolute Gasteiger partial charge is 0.469 e. The standard InChI is InChI=1S/C18H24N2O3/c1-20-9-8-12-6-7-13(11-16(12)20)17(21)19-15-5-3-4-14(10-15)18(22)23-2/h6-7,11,14-15H,3-5,8-10H2,1-2H3,(H,19,21)/t14-,15-/m0/s1. The van der Waals surface area contributed by atoms with Crippen molar-refractivity contribution in [2.24, 2.45) is 5.92 Å². The van der Waals surface area contributed by atoms with E-state index in [4.69, 9.17) is 4.74 Å². The minimum absolute atomic E-state index is 0.0475. The summed E-state index contributed by atoms with van der Waals surface area (Å²) in [7, 11) is 3.47. The molecule has 5 heteroatoms. The number of carbonyl (C=O) groups is 2. The molecule has 1 heterocycles. The quantitative estimate of drug-likeness (QED) is 0.868. The summed E-state index contributed by atoms with van der Waals surface area (Å²) in [6.45, 7) is 1.00. The first-order valence-corrected chi connectivity index (χ1v) is 8.31. The Hall–Kier alpha value is -2.04. The third-order valence-corrected chi connectivity index (χ3v) is 5.02. The van der Waals surface area contributed by atoms with Crippen LogP contribution in [0.4, 0.5) is 5.69 Å². The Kier molecular flexibility index (Phi) is 4.55. The van der Waals surface area contributed by atoms with Crippen LogP contribution in [0.2, 0.25) is 0 Å². The molecule has 0 saturated heterocycles. The summed E-state index contributed by atoms with van der Waals surface area (Å²) in [6.07, 6.45) is 4.42. The van der Waals surface area contributed by atoms with Crippen LogP contribution in [0.5, 0.6) is 0 Å². The number of carbonyl (C=O) groups excluding carboxylic acids is 2. The molecule has 0 spiro atoms. The van der Waals surface area contributed by atoms with Gasteiger partial charge >= 0.3 is 5.97 Å². The molecule has 1 aliphatic heterocycles. The van der Waals surface area contributed by atoms with E-state index < -0.39 is 0 Å². The summed E-state index contributed by atoms with van der Waals surface area (Å²) in [5, 5.41) is 3.08. The van der Waals surface area contributed by atoms with Crippen LogP contribution in [0, 0.1) is 5.92 Å². The molecule has 5 nitrogen and oxygen atoms in total. The van der Waals surface area contributed by atoms with Gasteiger partial charge in [0.15, 0.2) is 0 Å². The van der Waals surface area contributed by atoms with Crippen LogP contribution in [-0.2, 0) is 16.0 Å². The van der Waals surface area contributed by atoms with Crippen LogP contribution in [0.15, 0.2) is 18.2 Å². The van der Waals surface area contributed by atoms with Gasteiger partial charge in [0.2, 0.25) is 0 Å². The summed E-state index contributed by atoms with van der Waals surface area (Å²) < 4.78 is 4.83. The van der Waals surface area contributed by atoms with Crippen molar-refractivity contribution in [2.45, 2.75) is 38.1 Å². The predicted molar refractivity (Wildman–Crippen MR) is 88.6 cm³/mol. The second-order valence-electron chi connectivity index (χ2n) is 6.57. The maximum absolute atomic E-state index is 12.5. The molecule has 1 aromatic carbocycles. The number of likely N-dealkylation sites (N-methyl/N-ethyl adjacent to an activating group) is 1. The number of hydrogen-bond acceptors (Lipinski definition) is 4. The topological polar surface area (TPSA) is 58.6 Å². The average Bonchev–Trinajstić information content (AvgIpc) is 2.95. The summed E-state index contributed by atoms with van der Waals surface area (Å²) in [5.74, 6) is -0.308. The molecule has 2 aliphatic rings. The van der Waals surface area contributed by atoms with E-state index in [1.807, 2.05) is 18.2 Å². The number of benzene rings is 1. The average molecular weight is 316 g/mol. The maximum Gasteiger partial charge on any atom is 0.308 e. The van der Waals surface area contributed by atoms with Crippen LogP contribution in [0.3, 0.4) is 0 Å². The van der Waals surface area contributed by atoms with Crippen molar-refractivity contribution >= 4 is 17.6 Å². The smallest absolute Gasteiger partial charge is 0.308 e. The summed E-state index contributed by atoms with van der Waals surface area (Å²) in [5.41, 5.74) is 3.14. The van der Waals surface area contributed by atoms with Crippen LogP contribution >= 0.6 is 0 Å². The van der Waals surface area contributed by atoms with Crippen molar-refractivity contribution in [2.75, 3.05) is 25.6 Å². The minimum atomic E-state index is -0.164. The van der Waals surface area contributed by atoms with Gasteiger partial charge in [-0.3, -0.25) is 9.59 Å². The SMILES string of the molecule is COC(=O)[C@H]1CCC[C@H](NC(=O)c2ccc3c(c2)N(C)CC3)C1. The van der Waals surface area contributed by atoms with E-state index in [2.05, 4.69) is 17.3 Å². The van der Waals surface area contributed by atoms with E-state index >= 15 is 0 Å². The monoisotopic (exact) mass is 316 g/mol. The van der Waals surface area contributed by atoms with Gasteiger partial charge in [-0.25, -0.2) is 0 Å². The summed E-state index contributed by atoms with van der Waals surface area (Å²) in [4.78, 5) is 26.4. The first-order chi connectivity index (χ1) is 11.1. The van der Waals surface area contributed by atoms with Gasteiger partial charge in [-0.1, -0.05) is 12.5 Å². The third kappa shape index (κ3) is 3.33. The molecule has 1 saturated carbocycles. The molecule has 1 N–H and O–H groups in total. The second-order valence-corrected chi connectivity index (χ2v) is 6.57. The van der Waals surface area contributed by atoms with Crippen molar-refractivity contribution in [1.82, 2.24) is 5.32 Å². The van der Waals surface area contributed by atoms with Crippen molar-refractivity contribution < 1.29 is 14.3 Å². The number of anilines is 1. The second kappa shape index (κ2) is 6.60. The number of nitrogens with one attached hydrogen (secondary N) is 1. The summed E-state index contributed by atoms with van der Waals surface area (Å²) in [6, 6.07) is 5.96. The lowest BCUT2D eigenvalue weighted by molar-refractivity contribution is -0.146. The van der Waals surface area contributed by atoms with Crippen molar-refractivity contribution in [1.29, 1.82) is 0 Å². The molecule has 124 valence electrons. The number of methoxy groups -OCH3 is 1. The van der Waals surface area contributed by atoms with Gasteiger partial charge in [-0.05, 0) is 43.4 Å². The van der Waals surface area contributed by atoms with E-state index in [0.717, 1.165) is 37.9 Å². The zero-order valence-corrected chi connectivity index (χ0v) is 13.8. The molecule has 0 bridgehead atoms. The van der Waals surface area contributed by atoms with E-state index in [9.17, 15) is 9.59 Å². The molecule has 1 amide bonds. The first-order valence-electron chi connectivity index (χ1n) is 8.31. The molecule has 1 fully saturated rings. The predicted octanol–water partition coefficient (Wildman–Crippen LogP) is 2.14. The Balaban J connectivity index is 1.65. The Morgan fingerprint density at radius 2 is 2.13 bits per heavy atom. The number of esters is 1. The lowest BCUT2D eigenvalue weighted by Gasteiger charge is -2.28. The highest BCUT2D eigenvalue weighted by molar-refractivity contribution is 5.95. The molecule has 3 rings (SSSR count). The highest BCUT2D eigenvalue weighted by Crippen LogP contribution is 2.28. The number of nitrogens with zero attached hydrogens (tertiary/aromatic N) is 1. The Morgan fingerprint density at radius 1 is 1.30 bits per heavy atom. The zero-order chi connectivity index (χ0) is 16.4. The van der Waals surface area contributed by atoms with E-state index in [0.29, 0.717) is 12.0 Å². The highest BCUT2D eigenvalue weighted by Gasteiger charge is 2.29. The Labute approximate surface area is 137 Å². The van der Waals surface area contributed by atoms with E-state index in [-0.39, 0.29) is 23.8 Å². The number of amides is 1. The van der Waals surface area contributed by atoms with E-state index in [1.165, 1.54) is 12.7 Å².